The summed E-state index contributed by atoms with van der Waals surface area (Å²) in [6, 6.07) is 3.97. The third kappa shape index (κ3) is 3.53. The number of nitrogens with two attached hydrogens (primary N) is 1. The maximum atomic E-state index is 6.05. The third-order valence-electron chi connectivity index (χ3n) is 2.75. The van der Waals surface area contributed by atoms with Crippen LogP contribution in [0.25, 0.3) is 0 Å². The minimum atomic E-state index is -0.266. The van der Waals surface area contributed by atoms with Crippen molar-refractivity contribution in [2.24, 2.45) is 5.73 Å². The first kappa shape index (κ1) is 14.6. The molecule has 1 aromatic carbocycles. The highest BCUT2D eigenvalue weighted by molar-refractivity contribution is 5.63. The monoisotopic (exact) mass is 252 g/mol. The lowest BCUT2D eigenvalue weighted by Crippen LogP contribution is -2.44. The van der Waals surface area contributed by atoms with Crippen molar-refractivity contribution >= 4 is 5.69 Å². The molecule has 0 amide bonds. The molecule has 1 rings (SSSR count). The molecule has 0 saturated carbocycles. The van der Waals surface area contributed by atoms with E-state index in [2.05, 4.69) is 4.90 Å². The number of nitrogens with zero attached hydrogens (tertiary/aromatic N) is 1. The largest absolute Gasteiger partial charge is 0.496 e. The van der Waals surface area contributed by atoms with E-state index < -0.39 is 0 Å². The normalized spacial score (nSPS) is 11.3. The predicted octanol–water partition coefficient (Wildman–Crippen LogP) is 2.19. The number of hydrogen-bond acceptors (Lipinski definition) is 4. The number of aryl methyl sites for hydroxylation is 1. The molecule has 102 valence electrons. The minimum Gasteiger partial charge on any atom is -0.496 e. The summed E-state index contributed by atoms with van der Waals surface area (Å²) in [5.74, 6) is 1.69. The van der Waals surface area contributed by atoms with Gasteiger partial charge < -0.3 is 20.1 Å². The molecule has 0 radical (unpaired) electrons. The van der Waals surface area contributed by atoms with Gasteiger partial charge in [0.25, 0.3) is 0 Å². The van der Waals surface area contributed by atoms with Crippen LogP contribution in [0.3, 0.4) is 0 Å². The van der Waals surface area contributed by atoms with Crippen LogP contribution in [0.1, 0.15) is 19.4 Å². The van der Waals surface area contributed by atoms with Crippen LogP contribution in [0.5, 0.6) is 11.5 Å². The molecule has 0 atom stereocenters. The van der Waals surface area contributed by atoms with Gasteiger partial charge in [-0.2, -0.15) is 0 Å². The van der Waals surface area contributed by atoms with Crippen LogP contribution in [0.4, 0.5) is 5.69 Å². The van der Waals surface area contributed by atoms with Crippen LogP contribution in [0, 0.1) is 6.92 Å². The van der Waals surface area contributed by atoms with Crippen LogP contribution < -0.4 is 20.1 Å². The molecule has 0 spiro atoms. The van der Waals surface area contributed by atoms with Gasteiger partial charge in [-0.05, 0) is 32.4 Å². The highest BCUT2D eigenvalue weighted by Crippen LogP contribution is 2.34. The number of rotatable bonds is 5. The Morgan fingerprint density at radius 1 is 1.17 bits per heavy atom. The molecule has 0 fully saturated rings. The molecule has 2 N–H and O–H groups in total. The summed E-state index contributed by atoms with van der Waals surface area (Å²) in [5, 5.41) is 0. The zero-order valence-electron chi connectivity index (χ0n) is 12.2. The molecule has 4 nitrogen and oxygen atoms in total. The van der Waals surface area contributed by atoms with E-state index in [0.717, 1.165) is 29.3 Å². The molecular formula is C14H24N2O2. The lowest BCUT2D eigenvalue weighted by Gasteiger charge is -2.29. The maximum Gasteiger partial charge on any atom is 0.142 e. The zero-order chi connectivity index (χ0) is 13.9. The number of ether oxygens (including phenoxy) is 2. The highest BCUT2D eigenvalue weighted by atomic mass is 16.5. The Hall–Kier alpha value is -1.42. The van der Waals surface area contributed by atoms with E-state index in [1.807, 2.05) is 40.0 Å². The molecule has 0 saturated heterocycles. The van der Waals surface area contributed by atoms with Crippen molar-refractivity contribution in [2.45, 2.75) is 26.3 Å². The van der Waals surface area contributed by atoms with Crippen LogP contribution in [0.2, 0.25) is 0 Å². The second-order valence-corrected chi connectivity index (χ2v) is 5.34. The van der Waals surface area contributed by atoms with E-state index >= 15 is 0 Å². The van der Waals surface area contributed by atoms with Crippen molar-refractivity contribution in [1.29, 1.82) is 0 Å². The lowest BCUT2D eigenvalue weighted by molar-refractivity contribution is 0.399. The summed E-state index contributed by atoms with van der Waals surface area (Å²) in [6.07, 6.45) is 0. The van der Waals surface area contributed by atoms with Crippen molar-refractivity contribution in [2.75, 3.05) is 32.7 Å². The molecule has 0 aliphatic carbocycles. The number of benzene rings is 1. The van der Waals surface area contributed by atoms with Gasteiger partial charge >= 0.3 is 0 Å². The number of methoxy groups -OCH3 is 2. The lowest BCUT2D eigenvalue weighted by atomic mass is 10.1. The van der Waals surface area contributed by atoms with Crippen LogP contribution in [0.15, 0.2) is 12.1 Å². The minimum absolute atomic E-state index is 0.266. The first-order chi connectivity index (χ1) is 8.28. The predicted molar refractivity (Wildman–Crippen MR) is 75.8 cm³/mol. The number of anilines is 1. The van der Waals surface area contributed by atoms with Gasteiger partial charge in [-0.15, -0.1) is 0 Å². The van der Waals surface area contributed by atoms with Crippen molar-refractivity contribution in [3.63, 3.8) is 0 Å². The summed E-state index contributed by atoms with van der Waals surface area (Å²) < 4.78 is 10.8. The second-order valence-electron chi connectivity index (χ2n) is 5.34. The van der Waals surface area contributed by atoms with Crippen molar-refractivity contribution in [3.8, 4) is 11.5 Å². The standard InChI is InChI=1S/C14H24N2O2/c1-10-7-13(18-6)11(8-12(10)17-5)16(4)9-14(2,3)15/h7-8H,9,15H2,1-6H3. The van der Waals surface area contributed by atoms with Gasteiger partial charge in [0.15, 0.2) is 0 Å². The topological polar surface area (TPSA) is 47.7 Å². The molecule has 4 heteroatoms. The van der Waals surface area contributed by atoms with Crippen LogP contribution in [-0.4, -0.2) is 33.4 Å². The molecular weight excluding hydrogens is 228 g/mol. The fourth-order valence-electron chi connectivity index (χ4n) is 2.03. The second kappa shape index (κ2) is 5.48. The summed E-state index contributed by atoms with van der Waals surface area (Å²) >= 11 is 0. The van der Waals surface area contributed by atoms with Gasteiger partial charge in [-0.1, -0.05) is 0 Å². The Morgan fingerprint density at radius 2 is 1.72 bits per heavy atom. The highest BCUT2D eigenvalue weighted by Gasteiger charge is 2.18. The molecule has 1 aromatic rings. The van der Waals surface area contributed by atoms with Crippen molar-refractivity contribution in [3.05, 3.63) is 17.7 Å². The zero-order valence-corrected chi connectivity index (χ0v) is 12.2. The summed E-state index contributed by atoms with van der Waals surface area (Å²) in [5.41, 5.74) is 7.82. The van der Waals surface area contributed by atoms with Gasteiger partial charge in [0.2, 0.25) is 0 Å². The molecule has 0 unspecified atom stereocenters. The fourth-order valence-corrected chi connectivity index (χ4v) is 2.03. The average Bonchev–Trinajstić information content (AvgIpc) is 2.26. The quantitative estimate of drug-likeness (QED) is 0.872. The van der Waals surface area contributed by atoms with Crippen molar-refractivity contribution in [1.82, 2.24) is 0 Å². The van der Waals surface area contributed by atoms with Gasteiger partial charge in [0.05, 0.1) is 19.9 Å². The van der Waals surface area contributed by atoms with E-state index in [0.29, 0.717) is 0 Å². The maximum absolute atomic E-state index is 6.05. The smallest absolute Gasteiger partial charge is 0.142 e. The van der Waals surface area contributed by atoms with E-state index in [4.69, 9.17) is 15.2 Å². The molecule has 0 aliphatic rings. The van der Waals surface area contributed by atoms with Gasteiger partial charge in [-0.25, -0.2) is 0 Å². The Labute approximate surface area is 110 Å². The molecule has 0 bridgehead atoms. The fraction of sp³-hybridized carbons (Fsp3) is 0.571. The third-order valence-corrected chi connectivity index (χ3v) is 2.75. The van der Waals surface area contributed by atoms with Crippen LogP contribution >= 0.6 is 0 Å². The van der Waals surface area contributed by atoms with E-state index in [1.165, 1.54) is 0 Å². The molecule has 0 aromatic heterocycles. The van der Waals surface area contributed by atoms with Crippen molar-refractivity contribution < 1.29 is 9.47 Å². The Morgan fingerprint density at radius 3 is 2.17 bits per heavy atom. The Balaban J connectivity index is 3.13. The first-order valence-corrected chi connectivity index (χ1v) is 6.01. The summed E-state index contributed by atoms with van der Waals surface area (Å²) in [7, 11) is 5.35. The Kier molecular flexibility index (Phi) is 4.46. The molecule has 18 heavy (non-hydrogen) atoms. The van der Waals surface area contributed by atoms with Crippen LogP contribution in [-0.2, 0) is 0 Å². The summed E-state index contributed by atoms with van der Waals surface area (Å²) in [4.78, 5) is 2.08. The Bertz CT molecular complexity index is 411. The van der Waals surface area contributed by atoms with E-state index in [1.54, 1.807) is 14.2 Å². The first-order valence-electron chi connectivity index (χ1n) is 6.01. The van der Waals surface area contributed by atoms with Gasteiger partial charge in [-0.3, -0.25) is 0 Å². The van der Waals surface area contributed by atoms with E-state index in [-0.39, 0.29) is 5.54 Å². The molecule has 0 heterocycles. The van der Waals surface area contributed by atoms with Gasteiger partial charge in [0, 0.05) is 25.2 Å². The summed E-state index contributed by atoms with van der Waals surface area (Å²) in [6.45, 7) is 6.73. The van der Waals surface area contributed by atoms with E-state index in [9.17, 15) is 0 Å². The number of likely N-dealkylation sites (N-methyl/N-ethyl adjacent to an activating group) is 1. The van der Waals surface area contributed by atoms with Gasteiger partial charge in [0.1, 0.15) is 11.5 Å². The average molecular weight is 252 g/mol. The molecule has 0 aliphatic heterocycles. The SMILES string of the molecule is COc1cc(N(C)CC(C)(C)N)c(OC)cc1C. The number of hydrogen-bond donors (Lipinski definition) is 1.